The predicted molar refractivity (Wildman–Crippen MR) is 67.2 cm³/mol. The van der Waals surface area contributed by atoms with Gasteiger partial charge >= 0.3 is 0 Å². The Morgan fingerprint density at radius 2 is 2.12 bits per heavy atom. The summed E-state index contributed by atoms with van der Waals surface area (Å²) in [6.45, 7) is 7.75. The first-order valence-electron chi connectivity index (χ1n) is 6.17. The SMILES string of the molecule is CC1(C)CCN(Cc2cccnc2C#N)CC1. The molecule has 2 heterocycles. The van der Waals surface area contributed by atoms with E-state index in [1.54, 1.807) is 6.20 Å². The molecule has 3 heteroatoms. The van der Waals surface area contributed by atoms with Crippen LogP contribution in [0.2, 0.25) is 0 Å². The van der Waals surface area contributed by atoms with Crippen LogP contribution in [0.1, 0.15) is 37.9 Å². The van der Waals surface area contributed by atoms with Gasteiger partial charge in [-0.3, -0.25) is 4.90 Å². The minimum atomic E-state index is 0.476. The van der Waals surface area contributed by atoms with E-state index in [0.29, 0.717) is 11.1 Å². The van der Waals surface area contributed by atoms with Gasteiger partial charge in [0.1, 0.15) is 11.8 Å². The second kappa shape index (κ2) is 4.85. The Balaban J connectivity index is 2.01. The second-order valence-corrected chi connectivity index (χ2v) is 5.56. The van der Waals surface area contributed by atoms with E-state index >= 15 is 0 Å². The van der Waals surface area contributed by atoms with Crippen molar-refractivity contribution in [3.8, 4) is 6.07 Å². The van der Waals surface area contributed by atoms with Gasteiger partial charge in [0.15, 0.2) is 0 Å². The minimum absolute atomic E-state index is 0.476. The molecule has 0 saturated carbocycles. The number of rotatable bonds is 2. The van der Waals surface area contributed by atoms with Crippen LogP contribution in [-0.2, 0) is 6.54 Å². The fraction of sp³-hybridized carbons (Fsp3) is 0.571. The summed E-state index contributed by atoms with van der Waals surface area (Å²) in [5, 5.41) is 9.00. The lowest BCUT2D eigenvalue weighted by Gasteiger charge is -2.36. The highest BCUT2D eigenvalue weighted by Gasteiger charge is 2.25. The Morgan fingerprint density at radius 3 is 2.76 bits per heavy atom. The van der Waals surface area contributed by atoms with E-state index in [0.717, 1.165) is 25.2 Å². The smallest absolute Gasteiger partial charge is 0.144 e. The average molecular weight is 229 g/mol. The van der Waals surface area contributed by atoms with E-state index in [-0.39, 0.29) is 0 Å². The number of aromatic nitrogens is 1. The molecule has 2 rings (SSSR count). The van der Waals surface area contributed by atoms with Gasteiger partial charge in [0, 0.05) is 18.3 Å². The molecule has 1 fully saturated rings. The van der Waals surface area contributed by atoms with Gasteiger partial charge in [-0.1, -0.05) is 19.9 Å². The lowest BCUT2D eigenvalue weighted by atomic mass is 9.82. The zero-order valence-electron chi connectivity index (χ0n) is 10.6. The summed E-state index contributed by atoms with van der Waals surface area (Å²) in [6, 6.07) is 6.08. The normalized spacial score (nSPS) is 19.8. The molecular formula is C14H19N3. The van der Waals surface area contributed by atoms with Crippen molar-refractivity contribution in [3.05, 3.63) is 29.6 Å². The Labute approximate surface area is 103 Å². The first-order valence-corrected chi connectivity index (χ1v) is 6.17. The van der Waals surface area contributed by atoms with Crippen molar-refractivity contribution in [1.82, 2.24) is 9.88 Å². The largest absolute Gasteiger partial charge is 0.299 e. The third-order valence-corrected chi connectivity index (χ3v) is 3.60. The fourth-order valence-electron chi connectivity index (χ4n) is 2.22. The molecule has 0 spiro atoms. The number of piperidine rings is 1. The number of likely N-dealkylation sites (tertiary alicyclic amines) is 1. The van der Waals surface area contributed by atoms with Crippen LogP contribution in [0.3, 0.4) is 0 Å². The van der Waals surface area contributed by atoms with Crippen molar-refractivity contribution >= 4 is 0 Å². The van der Waals surface area contributed by atoms with Gasteiger partial charge in [-0.2, -0.15) is 5.26 Å². The molecule has 90 valence electrons. The molecular weight excluding hydrogens is 210 g/mol. The number of nitriles is 1. The summed E-state index contributed by atoms with van der Waals surface area (Å²) in [5.74, 6) is 0. The molecule has 3 nitrogen and oxygen atoms in total. The Kier molecular flexibility index (Phi) is 3.44. The Morgan fingerprint density at radius 1 is 1.41 bits per heavy atom. The molecule has 0 aromatic carbocycles. The van der Waals surface area contributed by atoms with Crippen molar-refractivity contribution in [1.29, 1.82) is 5.26 Å². The zero-order valence-corrected chi connectivity index (χ0v) is 10.6. The lowest BCUT2D eigenvalue weighted by molar-refractivity contribution is 0.127. The standard InChI is InChI=1S/C14H19N3/c1-14(2)5-8-17(9-6-14)11-12-4-3-7-16-13(12)10-15/h3-4,7H,5-6,8-9,11H2,1-2H3. The maximum atomic E-state index is 9.00. The second-order valence-electron chi connectivity index (χ2n) is 5.56. The zero-order chi connectivity index (χ0) is 12.3. The van der Waals surface area contributed by atoms with Crippen LogP contribution in [0.25, 0.3) is 0 Å². The molecule has 1 aliphatic heterocycles. The monoisotopic (exact) mass is 229 g/mol. The number of hydrogen-bond donors (Lipinski definition) is 0. The van der Waals surface area contributed by atoms with E-state index < -0.39 is 0 Å². The molecule has 0 N–H and O–H groups in total. The Bertz CT molecular complexity index is 421. The van der Waals surface area contributed by atoms with Crippen molar-refractivity contribution in [2.75, 3.05) is 13.1 Å². The van der Waals surface area contributed by atoms with Gasteiger partial charge in [0.05, 0.1) is 0 Å². The summed E-state index contributed by atoms with van der Waals surface area (Å²) in [4.78, 5) is 6.52. The van der Waals surface area contributed by atoms with Crippen LogP contribution in [0.4, 0.5) is 0 Å². The first kappa shape index (κ1) is 12.1. The van der Waals surface area contributed by atoms with Crippen LogP contribution in [-0.4, -0.2) is 23.0 Å². The summed E-state index contributed by atoms with van der Waals surface area (Å²) in [7, 11) is 0. The van der Waals surface area contributed by atoms with Gasteiger partial charge in [-0.15, -0.1) is 0 Å². The van der Waals surface area contributed by atoms with E-state index in [9.17, 15) is 0 Å². The van der Waals surface area contributed by atoms with Gasteiger partial charge in [0.25, 0.3) is 0 Å². The molecule has 0 radical (unpaired) electrons. The van der Waals surface area contributed by atoms with Crippen LogP contribution in [0.5, 0.6) is 0 Å². The van der Waals surface area contributed by atoms with E-state index in [1.165, 1.54) is 12.8 Å². The summed E-state index contributed by atoms with van der Waals surface area (Å²) >= 11 is 0. The van der Waals surface area contributed by atoms with Crippen LogP contribution in [0, 0.1) is 16.7 Å². The first-order chi connectivity index (χ1) is 8.11. The molecule has 1 aromatic heterocycles. The fourth-order valence-corrected chi connectivity index (χ4v) is 2.22. The van der Waals surface area contributed by atoms with Crippen molar-refractivity contribution in [2.45, 2.75) is 33.2 Å². The highest BCUT2D eigenvalue weighted by Crippen LogP contribution is 2.30. The predicted octanol–water partition coefficient (Wildman–Crippen LogP) is 2.58. The van der Waals surface area contributed by atoms with E-state index in [1.807, 2.05) is 12.1 Å². The van der Waals surface area contributed by atoms with Crippen molar-refractivity contribution in [3.63, 3.8) is 0 Å². The van der Waals surface area contributed by atoms with Gasteiger partial charge in [0.2, 0.25) is 0 Å². The summed E-state index contributed by atoms with van der Waals surface area (Å²) in [6.07, 6.45) is 4.14. The minimum Gasteiger partial charge on any atom is -0.299 e. The highest BCUT2D eigenvalue weighted by molar-refractivity contribution is 5.30. The van der Waals surface area contributed by atoms with Crippen LogP contribution < -0.4 is 0 Å². The average Bonchev–Trinajstić information content (AvgIpc) is 2.32. The molecule has 1 aliphatic rings. The van der Waals surface area contributed by atoms with Crippen molar-refractivity contribution < 1.29 is 0 Å². The molecule has 17 heavy (non-hydrogen) atoms. The van der Waals surface area contributed by atoms with E-state index in [4.69, 9.17) is 5.26 Å². The third kappa shape index (κ3) is 3.04. The highest BCUT2D eigenvalue weighted by atomic mass is 15.1. The molecule has 0 aliphatic carbocycles. The molecule has 1 saturated heterocycles. The summed E-state index contributed by atoms with van der Waals surface area (Å²) < 4.78 is 0. The molecule has 0 unspecified atom stereocenters. The molecule has 0 atom stereocenters. The van der Waals surface area contributed by atoms with Crippen LogP contribution in [0.15, 0.2) is 18.3 Å². The maximum absolute atomic E-state index is 9.00. The van der Waals surface area contributed by atoms with Crippen molar-refractivity contribution in [2.24, 2.45) is 5.41 Å². The third-order valence-electron chi connectivity index (χ3n) is 3.60. The summed E-state index contributed by atoms with van der Waals surface area (Å²) in [5.41, 5.74) is 2.09. The molecule has 0 amide bonds. The number of pyridine rings is 1. The lowest BCUT2D eigenvalue weighted by Crippen LogP contribution is -2.36. The molecule has 1 aromatic rings. The molecule has 0 bridgehead atoms. The van der Waals surface area contributed by atoms with Gasteiger partial charge in [-0.25, -0.2) is 4.98 Å². The number of nitrogens with zero attached hydrogens (tertiary/aromatic N) is 3. The van der Waals surface area contributed by atoms with E-state index in [2.05, 4.69) is 29.8 Å². The quantitative estimate of drug-likeness (QED) is 0.782. The number of hydrogen-bond acceptors (Lipinski definition) is 3. The van der Waals surface area contributed by atoms with Gasteiger partial charge in [-0.05, 0) is 37.4 Å². The maximum Gasteiger partial charge on any atom is 0.144 e. The van der Waals surface area contributed by atoms with Gasteiger partial charge < -0.3 is 0 Å². The Hall–Kier alpha value is -1.40. The topological polar surface area (TPSA) is 39.9 Å². The van der Waals surface area contributed by atoms with Crippen LogP contribution >= 0.6 is 0 Å².